The lowest BCUT2D eigenvalue weighted by molar-refractivity contribution is -0.789. The standard InChI is InChI=1S/C12H23NO2/c1-11(2)7-9(6-10(14)15-5)8-12(3,4)13-11/h9,13H,6-8H2,1-5H3/p+1. The molecule has 1 rings (SSSR count). The summed E-state index contributed by atoms with van der Waals surface area (Å²) in [5, 5.41) is 2.42. The van der Waals surface area contributed by atoms with Gasteiger partial charge in [-0.3, -0.25) is 4.79 Å². The summed E-state index contributed by atoms with van der Waals surface area (Å²) < 4.78 is 4.74. The van der Waals surface area contributed by atoms with E-state index in [0.29, 0.717) is 12.3 Å². The third-order valence-electron chi connectivity index (χ3n) is 3.09. The number of carbonyl (C=O) groups is 1. The minimum absolute atomic E-state index is 0.0755. The van der Waals surface area contributed by atoms with Crippen LogP contribution in [0.2, 0.25) is 0 Å². The Morgan fingerprint density at radius 1 is 1.27 bits per heavy atom. The first-order valence-corrected chi connectivity index (χ1v) is 5.68. The zero-order chi connectivity index (χ0) is 11.7. The van der Waals surface area contributed by atoms with Crippen LogP contribution >= 0.6 is 0 Å². The fourth-order valence-corrected chi connectivity index (χ4v) is 3.20. The second-order valence-corrected chi connectivity index (χ2v) is 6.18. The van der Waals surface area contributed by atoms with E-state index in [1.807, 2.05) is 0 Å². The van der Waals surface area contributed by atoms with Crippen molar-refractivity contribution in [2.24, 2.45) is 5.92 Å². The first kappa shape index (κ1) is 12.5. The van der Waals surface area contributed by atoms with E-state index in [1.54, 1.807) is 0 Å². The number of quaternary nitrogens is 1. The van der Waals surface area contributed by atoms with E-state index in [2.05, 4.69) is 33.0 Å². The number of hydrogen-bond acceptors (Lipinski definition) is 2. The van der Waals surface area contributed by atoms with Gasteiger partial charge in [0.15, 0.2) is 0 Å². The van der Waals surface area contributed by atoms with E-state index in [-0.39, 0.29) is 17.0 Å². The lowest BCUT2D eigenvalue weighted by Crippen LogP contribution is -3.05. The van der Waals surface area contributed by atoms with Gasteiger partial charge in [-0.25, -0.2) is 0 Å². The first-order chi connectivity index (χ1) is 6.74. The van der Waals surface area contributed by atoms with E-state index in [9.17, 15) is 4.79 Å². The number of esters is 1. The molecule has 3 heteroatoms. The summed E-state index contributed by atoms with van der Waals surface area (Å²) in [5.41, 5.74) is 0.473. The van der Waals surface area contributed by atoms with Gasteiger partial charge in [0.2, 0.25) is 0 Å². The van der Waals surface area contributed by atoms with E-state index in [4.69, 9.17) is 4.74 Å². The molecule has 0 aliphatic carbocycles. The van der Waals surface area contributed by atoms with Gasteiger partial charge in [-0.2, -0.15) is 0 Å². The molecule has 0 bridgehead atoms. The number of piperidine rings is 1. The Kier molecular flexibility index (Phi) is 3.44. The van der Waals surface area contributed by atoms with Crippen LogP contribution in [0.1, 0.15) is 47.0 Å². The van der Waals surface area contributed by atoms with Crippen LogP contribution in [0.4, 0.5) is 0 Å². The van der Waals surface area contributed by atoms with Gasteiger partial charge in [0.1, 0.15) is 0 Å². The molecular formula is C12H24NO2+. The van der Waals surface area contributed by atoms with Crippen molar-refractivity contribution < 1.29 is 14.8 Å². The monoisotopic (exact) mass is 214 g/mol. The lowest BCUT2D eigenvalue weighted by atomic mass is 9.75. The predicted molar refractivity (Wildman–Crippen MR) is 59.4 cm³/mol. The van der Waals surface area contributed by atoms with Gasteiger partial charge >= 0.3 is 5.97 Å². The molecule has 15 heavy (non-hydrogen) atoms. The van der Waals surface area contributed by atoms with Crippen LogP contribution in [0.5, 0.6) is 0 Å². The molecule has 0 spiro atoms. The van der Waals surface area contributed by atoms with Crippen LogP contribution < -0.4 is 5.32 Å². The highest BCUT2D eigenvalue weighted by Crippen LogP contribution is 2.29. The molecule has 0 atom stereocenters. The molecule has 0 saturated carbocycles. The molecule has 1 fully saturated rings. The zero-order valence-electron chi connectivity index (χ0n) is 10.6. The molecule has 1 heterocycles. The van der Waals surface area contributed by atoms with Crippen LogP contribution in [0, 0.1) is 5.92 Å². The Labute approximate surface area is 92.6 Å². The Hall–Kier alpha value is -0.570. The Balaban J connectivity index is 2.63. The normalized spacial score (nSPS) is 24.9. The number of hydrogen-bond donors (Lipinski definition) is 1. The average molecular weight is 214 g/mol. The van der Waals surface area contributed by atoms with Crippen molar-refractivity contribution in [3.63, 3.8) is 0 Å². The maximum absolute atomic E-state index is 11.3. The molecule has 1 aliphatic heterocycles. The summed E-state index contributed by atoms with van der Waals surface area (Å²) in [7, 11) is 1.47. The first-order valence-electron chi connectivity index (χ1n) is 5.68. The summed E-state index contributed by atoms with van der Waals surface area (Å²) in [6.07, 6.45) is 2.74. The van der Waals surface area contributed by atoms with Gasteiger partial charge in [0, 0.05) is 19.3 Å². The molecular weight excluding hydrogens is 190 g/mol. The van der Waals surface area contributed by atoms with E-state index >= 15 is 0 Å². The van der Waals surface area contributed by atoms with Crippen molar-refractivity contribution in [3.05, 3.63) is 0 Å². The molecule has 1 saturated heterocycles. The van der Waals surface area contributed by atoms with Crippen molar-refractivity contribution in [1.82, 2.24) is 0 Å². The molecule has 0 unspecified atom stereocenters. The largest absolute Gasteiger partial charge is 0.469 e. The van der Waals surface area contributed by atoms with Gasteiger partial charge in [-0.1, -0.05) is 0 Å². The molecule has 3 nitrogen and oxygen atoms in total. The molecule has 0 aromatic rings. The molecule has 0 amide bonds. The summed E-state index contributed by atoms with van der Waals surface area (Å²) in [5.74, 6) is 0.390. The minimum Gasteiger partial charge on any atom is -0.469 e. The summed E-state index contributed by atoms with van der Waals surface area (Å²) >= 11 is 0. The topological polar surface area (TPSA) is 42.9 Å². The van der Waals surface area contributed by atoms with Crippen LogP contribution in [0.25, 0.3) is 0 Å². The van der Waals surface area contributed by atoms with Gasteiger partial charge in [-0.05, 0) is 33.6 Å². The summed E-state index contributed by atoms with van der Waals surface area (Å²) in [6, 6.07) is 0. The Morgan fingerprint density at radius 2 is 1.73 bits per heavy atom. The van der Waals surface area contributed by atoms with Crippen LogP contribution in [-0.2, 0) is 9.53 Å². The fraction of sp³-hybridized carbons (Fsp3) is 0.917. The summed E-state index contributed by atoms with van der Waals surface area (Å²) in [4.78, 5) is 11.3. The number of methoxy groups -OCH3 is 1. The van der Waals surface area contributed by atoms with Crippen molar-refractivity contribution >= 4 is 5.97 Å². The number of nitrogens with two attached hydrogens (primary N) is 1. The van der Waals surface area contributed by atoms with Crippen molar-refractivity contribution in [1.29, 1.82) is 0 Å². The quantitative estimate of drug-likeness (QED) is 0.699. The predicted octanol–water partition coefficient (Wildman–Crippen LogP) is 1.08. The average Bonchev–Trinajstić information content (AvgIpc) is 1.97. The van der Waals surface area contributed by atoms with Crippen LogP contribution in [-0.4, -0.2) is 24.2 Å². The molecule has 2 N–H and O–H groups in total. The number of carbonyl (C=O) groups excluding carboxylic acids is 1. The SMILES string of the molecule is COC(=O)CC1CC(C)(C)[NH2+]C(C)(C)C1. The highest BCUT2D eigenvalue weighted by atomic mass is 16.5. The minimum atomic E-state index is -0.0755. The number of ether oxygens (including phenoxy) is 1. The van der Waals surface area contributed by atoms with Gasteiger partial charge in [0.05, 0.1) is 18.2 Å². The number of rotatable bonds is 2. The molecule has 88 valence electrons. The smallest absolute Gasteiger partial charge is 0.305 e. The van der Waals surface area contributed by atoms with E-state index in [1.165, 1.54) is 7.11 Å². The maximum atomic E-state index is 11.3. The van der Waals surface area contributed by atoms with Crippen LogP contribution in [0.15, 0.2) is 0 Å². The van der Waals surface area contributed by atoms with Crippen LogP contribution in [0.3, 0.4) is 0 Å². The highest BCUT2D eigenvalue weighted by Gasteiger charge is 2.42. The Bertz CT molecular complexity index is 230. The zero-order valence-corrected chi connectivity index (χ0v) is 10.6. The second-order valence-electron chi connectivity index (χ2n) is 6.18. The summed E-state index contributed by atoms with van der Waals surface area (Å²) in [6.45, 7) is 8.99. The van der Waals surface area contributed by atoms with Crippen molar-refractivity contribution in [3.8, 4) is 0 Å². The third-order valence-corrected chi connectivity index (χ3v) is 3.09. The van der Waals surface area contributed by atoms with E-state index in [0.717, 1.165) is 12.8 Å². The fourth-order valence-electron chi connectivity index (χ4n) is 3.20. The van der Waals surface area contributed by atoms with Gasteiger partial charge < -0.3 is 10.1 Å². The Morgan fingerprint density at radius 3 is 2.13 bits per heavy atom. The van der Waals surface area contributed by atoms with E-state index < -0.39 is 0 Å². The molecule has 0 radical (unpaired) electrons. The van der Waals surface area contributed by atoms with Crippen molar-refractivity contribution in [2.75, 3.05) is 7.11 Å². The molecule has 1 aliphatic rings. The third kappa shape index (κ3) is 3.82. The maximum Gasteiger partial charge on any atom is 0.305 e. The second kappa shape index (κ2) is 4.12. The van der Waals surface area contributed by atoms with Gasteiger partial charge in [-0.15, -0.1) is 0 Å². The molecule has 0 aromatic heterocycles. The molecule has 0 aromatic carbocycles. The van der Waals surface area contributed by atoms with Gasteiger partial charge in [0.25, 0.3) is 0 Å². The lowest BCUT2D eigenvalue weighted by Gasteiger charge is -2.42. The van der Waals surface area contributed by atoms with Crippen molar-refractivity contribution in [2.45, 2.75) is 58.0 Å². The highest BCUT2D eigenvalue weighted by molar-refractivity contribution is 5.69.